The van der Waals surface area contributed by atoms with E-state index in [0.717, 1.165) is 137 Å². The third-order valence-corrected chi connectivity index (χ3v) is 21.3. The molecule has 16 aromatic rings. The maximum absolute atomic E-state index is 9.87. The van der Waals surface area contributed by atoms with Gasteiger partial charge in [0.05, 0.1) is 34.6 Å². The van der Waals surface area contributed by atoms with Crippen LogP contribution in [0.15, 0.2) is 320 Å². The molecule has 82 heavy (non-hydrogen) atoms. The topological polar surface area (TPSA) is 23.0 Å². The quantitative estimate of drug-likeness (QED) is 0.0989. The summed E-state index contributed by atoms with van der Waals surface area (Å²) in [6.07, 6.45) is 0. The predicted molar refractivity (Wildman–Crippen MR) is 348 cm³/mol. The van der Waals surface area contributed by atoms with Crippen molar-refractivity contribution in [2.45, 2.75) is 0 Å². The first-order valence-electron chi connectivity index (χ1n) is 30.3. The van der Waals surface area contributed by atoms with Crippen molar-refractivity contribution in [3.05, 3.63) is 315 Å². The molecule has 4 heteroatoms. The minimum Gasteiger partial charge on any atom is -0.456 e. The first kappa shape index (κ1) is 42.4. The van der Waals surface area contributed by atoms with E-state index in [2.05, 4.69) is 234 Å². The smallest absolute Gasteiger partial charge is 0.179 e. The molecule has 3 aromatic heterocycles. The molecule has 0 amide bonds. The van der Waals surface area contributed by atoms with Crippen LogP contribution in [0.3, 0.4) is 0 Å². The highest BCUT2D eigenvalue weighted by molar-refractivity contribution is 7.20. The summed E-state index contributed by atoms with van der Waals surface area (Å²) in [5.41, 5.74) is 16.2. The summed E-state index contributed by atoms with van der Waals surface area (Å²) >= 11 is 0. The second kappa shape index (κ2) is 19.4. The first-order chi connectivity index (χ1) is 42.8. The van der Waals surface area contributed by atoms with Gasteiger partial charge in [0.2, 0.25) is 0 Å². The third kappa shape index (κ3) is 7.35. The SMILES string of the molecule is [2H]c1c([2H])c([2H])c([Si](c2ccccc2)(c2ccccc2)c2cc(-c3ccccc3)c(-n3c4ccccc4c4cc(-n5c6ccccc6c6cccc(-c7ccccc7-c7cccc8oc9ccccc9c78)c65)ccc43)c(-c3ccccc3)c2)c([2H])c1[2H]. The fourth-order valence-electron chi connectivity index (χ4n) is 13.3. The molecule has 0 atom stereocenters. The van der Waals surface area contributed by atoms with E-state index >= 15 is 0 Å². The Labute approximate surface area is 483 Å². The van der Waals surface area contributed by atoms with Gasteiger partial charge in [0.1, 0.15) is 11.2 Å². The molecule has 0 spiro atoms. The molecule has 13 aromatic carbocycles. The van der Waals surface area contributed by atoms with Crippen LogP contribution in [0.5, 0.6) is 0 Å². The number of rotatable bonds is 10. The van der Waals surface area contributed by atoms with E-state index in [0.29, 0.717) is 5.19 Å². The van der Waals surface area contributed by atoms with Gasteiger partial charge in [0, 0.05) is 54.7 Å². The minimum atomic E-state index is -3.89. The summed E-state index contributed by atoms with van der Waals surface area (Å²) in [5.74, 6) is 0. The average molecular weight is 1070 g/mol. The Balaban J connectivity index is 0.990. The molecule has 0 saturated heterocycles. The normalized spacial score (nSPS) is 12.8. The Kier molecular flexibility index (Phi) is 10.0. The van der Waals surface area contributed by atoms with Crippen LogP contribution in [0.1, 0.15) is 6.85 Å². The summed E-state index contributed by atoms with van der Waals surface area (Å²) in [4.78, 5) is 0. The van der Waals surface area contributed by atoms with Gasteiger partial charge < -0.3 is 13.6 Å². The molecular formula is C78H52N2OSi. The van der Waals surface area contributed by atoms with Crippen LogP contribution in [0, 0.1) is 0 Å². The average Bonchev–Trinajstić information content (AvgIpc) is 1.63. The molecule has 16 rings (SSSR count). The monoisotopic (exact) mass is 1070 g/mol. The number of para-hydroxylation sites is 4. The lowest BCUT2D eigenvalue weighted by atomic mass is 9.91. The Bertz CT molecular complexity index is 5280. The summed E-state index contributed by atoms with van der Waals surface area (Å²) in [5, 5.41) is 9.62. The molecule has 0 aliphatic rings. The second-order valence-corrected chi connectivity index (χ2v) is 24.8. The largest absolute Gasteiger partial charge is 0.456 e. The van der Waals surface area contributed by atoms with Crippen LogP contribution in [0.4, 0.5) is 0 Å². The highest BCUT2D eigenvalue weighted by atomic mass is 28.3. The number of aromatic nitrogens is 2. The predicted octanol–water partition coefficient (Wildman–Crippen LogP) is 17.8. The Morgan fingerprint density at radius 3 is 1.44 bits per heavy atom. The van der Waals surface area contributed by atoms with Crippen LogP contribution in [-0.4, -0.2) is 17.2 Å². The van der Waals surface area contributed by atoms with Crippen LogP contribution in [-0.2, 0) is 0 Å². The number of hydrogen-bond acceptors (Lipinski definition) is 1. The Morgan fingerprint density at radius 2 is 0.780 bits per heavy atom. The Morgan fingerprint density at radius 1 is 0.305 bits per heavy atom. The molecule has 0 bridgehead atoms. The van der Waals surface area contributed by atoms with Crippen molar-refractivity contribution >= 4 is 94.4 Å². The highest BCUT2D eigenvalue weighted by Gasteiger charge is 2.42. The van der Waals surface area contributed by atoms with Crippen LogP contribution < -0.4 is 20.7 Å². The maximum Gasteiger partial charge on any atom is 0.179 e. The highest BCUT2D eigenvalue weighted by Crippen LogP contribution is 2.46. The van der Waals surface area contributed by atoms with E-state index in [1.807, 2.05) is 60.7 Å². The fourth-order valence-corrected chi connectivity index (χ4v) is 17.8. The van der Waals surface area contributed by atoms with Crippen molar-refractivity contribution in [3.63, 3.8) is 0 Å². The van der Waals surface area contributed by atoms with Crippen molar-refractivity contribution < 1.29 is 11.3 Å². The van der Waals surface area contributed by atoms with E-state index < -0.39 is 14.1 Å². The molecule has 0 unspecified atom stereocenters. The number of hydrogen-bond donors (Lipinski definition) is 0. The van der Waals surface area contributed by atoms with Crippen LogP contribution in [0.2, 0.25) is 0 Å². The van der Waals surface area contributed by atoms with Crippen molar-refractivity contribution in [1.82, 2.24) is 9.13 Å². The van der Waals surface area contributed by atoms with Crippen molar-refractivity contribution in [1.29, 1.82) is 0 Å². The van der Waals surface area contributed by atoms with Gasteiger partial charge in [0.25, 0.3) is 0 Å². The van der Waals surface area contributed by atoms with Gasteiger partial charge >= 0.3 is 0 Å². The number of furan rings is 1. The van der Waals surface area contributed by atoms with Gasteiger partial charge in [-0.1, -0.05) is 273 Å². The number of benzene rings is 13. The molecule has 3 nitrogen and oxygen atoms in total. The van der Waals surface area contributed by atoms with Crippen LogP contribution in [0.25, 0.3) is 121 Å². The minimum absolute atomic E-state index is 0.203. The molecule has 384 valence electrons. The van der Waals surface area contributed by atoms with Crippen molar-refractivity contribution in [2.24, 2.45) is 0 Å². The van der Waals surface area contributed by atoms with E-state index in [4.69, 9.17) is 5.79 Å². The molecule has 0 N–H and O–H groups in total. The van der Waals surface area contributed by atoms with Gasteiger partial charge in [-0.15, -0.1) is 0 Å². The zero-order chi connectivity index (χ0) is 58.5. The lowest BCUT2D eigenvalue weighted by Gasteiger charge is -2.36. The van der Waals surface area contributed by atoms with E-state index in [-0.39, 0.29) is 24.2 Å². The standard InChI is InChI=1S/C78H52N2OSi/c1-6-26-53(27-7-1)68-51-59(82(56-30-10-3-11-31-56,57-32-12-4-13-33-57)58-34-14-5-15-35-58)52-69(54-28-8-2-9-29-54)78(68)80-72-45-22-19-39-63(72)70-50-55(48-49-73(70)80)79-71-44-21-18-38-62(71)66-43-24-42-65(77(66)79)61-37-17-16-36-60(61)64-41-25-47-75-76(64)67-40-20-23-46-74(67)81-75/h1-52H/i3D,10D,11D,30D,31D. The zero-order valence-electron chi connectivity index (χ0n) is 49.4. The van der Waals surface area contributed by atoms with E-state index in [9.17, 15) is 5.48 Å². The van der Waals surface area contributed by atoms with E-state index in [1.54, 1.807) is 0 Å². The lowest BCUT2D eigenvalue weighted by Crippen LogP contribution is -2.74. The summed E-state index contributed by atoms with van der Waals surface area (Å²) in [6.45, 7) is 0. The lowest BCUT2D eigenvalue weighted by molar-refractivity contribution is 0.669. The van der Waals surface area contributed by atoms with Gasteiger partial charge in [-0.05, 0) is 91.0 Å². The third-order valence-electron chi connectivity index (χ3n) is 16.7. The number of nitrogens with zero attached hydrogens (tertiary/aromatic N) is 2. The van der Waals surface area contributed by atoms with Crippen LogP contribution >= 0.6 is 0 Å². The van der Waals surface area contributed by atoms with Gasteiger partial charge in [-0.25, -0.2) is 0 Å². The summed E-state index contributed by atoms with van der Waals surface area (Å²) in [6, 6.07) is 98.6. The maximum atomic E-state index is 9.87. The van der Waals surface area contributed by atoms with Gasteiger partial charge in [-0.3, -0.25) is 0 Å². The fraction of sp³-hybridized carbons (Fsp3) is 0. The number of fused-ring (bicyclic) bond motifs is 9. The molecule has 0 aliphatic carbocycles. The molecule has 0 saturated carbocycles. The van der Waals surface area contributed by atoms with Gasteiger partial charge in [-0.2, -0.15) is 0 Å². The van der Waals surface area contributed by atoms with Crippen molar-refractivity contribution in [3.8, 4) is 55.9 Å². The zero-order valence-corrected chi connectivity index (χ0v) is 45.4. The molecule has 0 fully saturated rings. The molecule has 0 radical (unpaired) electrons. The summed E-state index contributed by atoms with van der Waals surface area (Å²) < 4.78 is 58.3. The summed E-state index contributed by atoms with van der Waals surface area (Å²) in [7, 11) is -3.89. The molecule has 3 heterocycles. The van der Waals surface area contributed by atoms with E-state index in [1.165, 1.54) is 0 Å². The van der Waals surface area contributed by atoms with Crippen molar-refractivity contribution in [2.75, 3.05) is 0 Å². The molecule has 0 aliphatic heterocycles. The molecular weight excluding hydrogens is 1010 g/mol. The first-order valence-corrected chi connectivity index (χ1v) is 29.8. The Hall–Kier alpha value is -10.5. The second-order valence-electron chi connectivity index (χ2n) is 21.1. The van der Waals surface area contributed by atoms with Gasteiger partial charge in [0.15, 0.2) is 8.07 Å².